The van der Waals surface area contributed by atoms with Gasteiger partial charge in [0.1, 0.15) is 5.75 Å². The maximum atomic E-state index is 12.2. The Kier molecular flexibility index (Phi) is 5.10. The van der Waals surface area contributed by atoms with E-state index >= 15 is 0 Å². The fourth-order valence-corrected chi connectivity index (χ4v) is 2.95. The van der Waals surface area contributed by atoms with Gasteiger partial charge in [-0.2, -0.15) is 0 Å². The number of nitrogens with zero attached hydrogens (tertiary/aromatic N) is 1. The fourth-order valence-electron chi connectivity index (χ4n) is 2.95. The number of benzene rings is 1. The number of rotatable bonds is 4. The van der Waals surface area contributed by atoms with E-state index in [1.807, 2.05) is 0 Å². The summed E-state index contributed by atoms with van der Waals surface area (Å²) in [5, 5.41) is 0. The Morgan fingerprint density at radius 2 is 2.14 bits per heavy atom. The highest BCUT2D eigenvalue weighted by Gasteiger charge is 2.24. The molecule has 0 radical (unpaired) electrons. The van der Waals surface area contributed by atoms with E-state index < -0.39 is 0 Å². The molecule has 2 rings (SSSR count). The second kappa shape index (κ2) is 6.83. The summed E-state index contributed by atoms with van der Waals surface area (Å²) in [5.41, 5.74) is 7.08. The van der Waals surface area contributed by atoms with Gasteiger partial charge in [-0.25, -0.2) is 0 Å². The van der Waals surface area contributed by atoms with E-state index in [1.54, 1.807) is 37.2 Å². The van der Waals surface area contributed by atoms with E-state index in [0.717, 1.165) is 18.8 Å². The van der Waals surface area contributed by atoms with Crippen LogP contribution in [0.4, 0.5) is 5.69 Å². The van der Waals surface area contributed by atoms with E-state index in [2.05, 4.69) is 6.92 Å². The molecule has 1 aliphatic rings. The van der Waals surface area contributed by atoms with Crippen molar-refractivity contribution >= 4 is 11.6 Å². The zero-order valence-corrected chi connectivity index (χ0v) is 13.3. The molecule has 0 bridgehead atoms. The van der Waals surface area contributed by atoms with Crippen LogP contribution in [0.1, 0.15) is 49.4 Å². The number of nitrogens with two attached hydrogens (primary N) is 1. The number of hydrogen-bond acceptors (Lipinski definition) is 3. The smallest absolute Gasteiger partial charge is 0.257 e. The van der Waals surface area contributed by atoms with Crippen molar-refractivity contribution in [1.82, 2.24) is 4.90 Å². The molecule has 0 aromatic heterocycles. The number of hydrogen-bond donors (Lipinski definition) is 1. The van der Waals surface area contributed by atoms with E-state index in [9.17, 15) is 4.79 Å². The first-order valence-corrected chi connectivity index (χ1v) is 7.79. The number of amides is 1. The Labute approximate surface area is 127 Å². The average molecular weight is 290 g/mol. The predicted molar refractivity (Wildman–Crippen MR) is 85.5 cm³/mol. The number of anilines is 1. The van der Waals surface area contributed by atoms with Crippen molar-refractivity contribution < 1.29 is 9.53 Å². The molecule has 0 saturated heterocycles. The van der Waals surface area contributed by atoms with Crippen LogP contribution in [0.3, 0.4) is 0 Å². The fraction of sp³-hybridized carbons (Fsp3) is 0.588. The first kappa shape index (κ1) is 15.7. The van der Waals surface area contributed by atoms with Gasteiger partial charge in [0.25, 0.3) is 5.91 Å². The molecule has 116 valence electrons. The quantitative estimate of drug-likeness (QED) is 0.865. The van der Waals surface area contributed by atoms with Crippen LogP contribution in [0.5, 0.6) is 5.75 Å². The van der Waals surface area contributed by atoms with Gasteiger partial charge in [0.15, 0.2) is 0 Å². The van der Waals surface area contributed by atoms with Crippen molar-refractivity contribution in [1.29, 1.82) is 0 Å². The van der Waals surface area contributed by atoms with Gasteiger partial charge in [-0.05, 0) is 37.3 Å². The molecule has 1 aromatic carbocycles. The minimum Gasteiger partial charge on any atom is -0.490 e. The molecule has 4 heteroatoms. The standard InChI is InChI=1S/C17H26N2O2/c1-4-12-6-5-7-14(10-12)21-16-11-13(18)8-9-15(16)17(20)19(2)3/h8-9,11-12,14H,4-7,10,18H2,1-3H3. The third-order valence-corrected chi connectivity index (χ3v) is 4.25. The molecule has 2 atom stereocenters. The molecular weight excluding hydrogens is 264 g/mol. The van der Waals surface area contributed by atoms with E-state index in [4.69, 9.17) is 10.5 Å². The molecule has 21 heavy (non-hydrogen) atoms. The predicted octanol–water partition coefficient (Wildman–Crippen LogP) is 3.32. The van der Waals surface area contributed by atoms with Crippen molar-refractivity contribution in [3.8, 4) is 5.75 Å². The van der Waals surface area contributed by atoms with Gasteiger partial charge < -0.3 is 15.4 Å². The number of carbonyl (C=O) groups excluding carboxylic acids is 1. The summed E-state index contributed by atoms with van der Waals surface area (Å²) in [6, 6.07) is 5.28. The Morgan fingerprint density at radius 3 is 2.81 bits per heavy atom. The number of ether oxygens (including phenoxy) is 1. The van der Waals surface area contributed by atoms with E-state index in [1.165, 1.54) is 19.3 Å². The van der Waals surface area contributed by atoms with Gasteiger partial charge in [0, 0.05) is 25.8 Å². The van der Waals surface area contributed by atoms with E-state index in [0.29, 0.717) is 17.0 Å². The maximum absolute atomic E-state index is 12.2. The highest BCUT2D eigenvalue weighted by molar-refractivity contribution is 5.97. The molecule has 0 heterocycles. The first-order chi connectivity index (χ1) is 10.0. The van der Waals surface area contributed by atoms with Gasteiger partial charge in [-0.1, -0.05) is 19.8 Å². The summed E-state index contributed by atoms with van der Waals surface area (Å²) in [5.74, 6) is 1.31. The van der Waals surface area contributed by atoms with Gasteiger partial charge in [0.2, 0.25) is 0 Å². The lowest BCUT2D eigenvalue weighted by molar-refractivity contribution is 0.0810. The van der Waals surface area contributed by atoms with Crippen molar-refractivity contribution in [2.75, 3.05) is 19.8 Å². The Morgan fingerprint density at radius 1 is 1.38 bits per heavy atom. The van der Waals surface area contributed by atoms with Crippen LogP contribution in [0.15, 0.2) is 18.2 Å². The van der Waals surface area contributed by atoms with Gasteiger partial charge in [0.05, 0.1) is 11.7 Å². The summed E-state index contributed by atoms with van der Waals surface area (Å²) >= 11 is 0. The monoisotopic (exact) mass is 290 g/mol. The summed E-state index contributed by atoms with van der Waals surface area (Å²) in [6.45, 7) is 2.23. The third-order valence-electron chi connectivity index (χ3n) is 4.25. The Bertz CT molecular complexity index is 500. The van der Waals surface area contributed by atoms with Gasteiger partial charge in [-0.15, -0.1) is 0 Å². The highest BCUT2D eigenvalue weighted by Crippen LogP contribution is 2.32. The zero-order valence-electron chi connectivity index (χ0n) is 13.3. The third kappa shape index (κ3) is 3.90. The van der Waals surface area contributed by atoms with E-state index in [-0.39, 0.29) is 12.0 Å². The van der Waals surface area contributed by atoms with Crippen LogP contribution in [-0.2, 0) is 0 Å². The molecule has 1 saturated carbocycles. The summed E-state index contributed by atoms with van der Waals surface area (Å²) in [7, 11) is 3.49. The lowest BCUT2D eigenvalue weighted by atomic mass is 9.85. The lowest BCUT2D eigenvalue weighted by Crippen LogP contribution is -2.27. The van der Waals surface area contributed by atoms with Gasteiger partial charge >= 0.3 is 0 Å². The van der Waals surface area contributed by atoms with Crippen LogP contribution < -0.4 is 10.5 Å². The number of nitrogen functional groups attached to an aromatic ring is 1. The second-order valence-corrected chi connectivity index (χ2v) is 6.14. The van der Waals surface area contributed by atoms with Crippen LogP contribution in [0.2, 0.25) is 0 Å². The zero-order chi connectivity index (χ0) is 15.4. The summed E-state index contributed by atoms with van der Waals surface area (Å²) in [6.07, 6.45) is 6.00. The molecular formula is C17H26N2O2. The molecule has 1 aromatic rings. The Balaban J connectivity index is 2.18. The Hall–Kier alpha value is -1.71. The maximum Gasteiger partial charge on any atom is 0.257 e. The second-order valence-electron chi connectivity index (χ2n) is 6.14. The molecule has 0 aliphatic heterocycles. The topological polar surface area (TPSA) is 55.6 Å². The SMILES string of the molecule is CCC1CCCC(Oc2cc(N)ccc2C(=O)N(C)C)C1. The molecule has 1 fully saturated rings. The van der Waals surface area contributed by atoms with Gasteiger partial charge in [-0.3, -0.25) is 4.79 Å². The minimum absolute atomic E-state index is 0.0483. The molecule has 2 unspecified atom stereocenters. The van der Waals surface area contributed by atoms with Crippen molar-refractivity contribution in [3.63, 3.8) is 0 Å². The highest BCUT2D eigenvalue weighted by atomic mass is 16.5. The van der Waals surface area contributed by atoms with Crippen LogP contribution >= 0.6 is 0 Å². The first-order valence-electron chi connectivity index (χ1n) is 7.79. The largest absolute Gasteiger partial charge is 0.490 e. The van der Waals surface area contributed by atoms with Crippen molar-refractivity contribution in [3.05, 3.63) is 23.8 Å². The average Bonchev–Trinajstić information content (AvgIpc) is 2.47. The normalized spacial score (nSPS) is 21.9. The molecule has 2 N–H and O–H groups in total. The molecule has 1 aliphatic carbocycles. The van der Waals surface area contributed by atoms with Crippen molar-refractivity contribution in [2.24, 2.45) is 5.92 Å². The van der Waals surface area contributed by atoms with Crippen molar-refractivity contribution in [2.45, 2.75) is 45.1 Å². The summed E-state index contributed by atoms with van der Waals surface area (Å²) < 4.78 is 6.14. The van der Waals surface area contributed by atoms with Crippen LogP contribution in [-0.4, -0.2) is 31.0 Å². The molecule has 1 amide bonds. The molecule has 4 nitrogen and oxygen atoms in total. The van der Waals surface area contributed by atoms with Crippen LogP contribution in [0, 0.1) is 5.92 Å². The summed E-state index contributed by atoms with van der Waals surface area (Å²) in [4.78, 5) is 13.8. The molecule has 0 spiro atoms. The number of carbonyl (C=O) groups is 1. The minimum atomic E-state index is -0.0483. The lowest BCUT2D eigenvalue weighted by Gasteiger charge is -2.29. The van der Waals surface area contributed by atoms with Crippen LogP contribution in [0.25, 0.3) is 0 Å².